The lowest BCUT2D eigenvalue weighted by molar-refractivity contribution is -0.146. The van der Waals surface area contributed by atoms with E-state index in [1.165, 1.54) is 0 Å². The SMILES string of the molecule is CCCC(=O)C(=O)C(C(=O)CCC)C(C)C(=O)CCC. The summed E-state index contributed by atoms with van der Waals surface area (Å²) in [5.41, 5.74) is 0. The van der Waals surface area contributed by atoms with E-state index >= 15 is 0 Å². The lowest BCUT2D eigenvalue weighted by Crippen LogP contribution is -2.38. The van der Waals surface area contributed by atoms with Crippen LogP contribution in [0.25, 0.3) is 0 Å². The largest absolute Gasteiger partial charge is 0.299 e. The Hall–Kier alpha value is -1.32. The van der Waals surface area contributed by atoms with Crippen LogP contribution in [0.4, 0.5) is 0 Å². The molecule has 0 rings (SSSR count). The van der Waals surface area contributed by atoms with Gasteiger partial charge in [-0.1, -0.05) is 27.7 Å². The molecular weight excluding hydrogens is 256 g/mol. The fourth-order valence-corrected chi connectivity index (χ4v) is 2.24. The van der Waals surface area contributed by atoms with Gasteiger partial charge in [0.1, 0.15) is 11.6 Å². The van der Waals surface area contributed by atoms with Gasteiger partial charge in [-0.25, -0.2) is 0 Å². The number of hydrogen-bond acceptors (Lipinski definition) is 4. The Kier molecular flexibility index (Phi) is 8.93. The number of carbonyl (C=O) groups is 4. The van der Waals surface area contributed by atoms with Crippen molar-refractivity contribution in [3.05, 3.63) is 0 Å². The van der Waals surface area contributed by atoms with Crippen LogP contribution in [0.3, 0.4) is 0 Å². The molecule has 0 saturated heterocycles. The molecule has 0 saturated carbocycles. The van der Waals surface area contributed by atoms with Gasteiger partial charge in [0.15, 0.2) is 5.78 Å². The highest BCUT2D eigenvalue weighted by Crippen LogP contribution is 2.21. The first kappa shape index (κ1) is 18.7. The summed E-state index contributed by atoms with van der Waals surface area (Å²) < 4.78 is 0. The van der Waals surface area contributed by atoms with Gasteiger partial charge in [0.25, 0.3) is 0 Å². The summed E-state index contributed by atoms with van der Waals surface area (Å²) in [6.45, 7) is 7.11. The molecule has 0 radical (unpaired) electrons. The third-order valence-corrected chi connectivity index (χ3v) is 3.38. The first-order valence-electron chi connectivity index (χ1n) is 7.53. The van der Waals surface area contributed by atoms with Gasteiger partial charge in [-0.2, -0.15) is 0 Å². The van der Waals surface area contributed by atoms with Crippen LogP contribution >= 0.6 is 0 Å². The molecule has 0 bridgehead atoms. The van der Waals surface area contributed by atoms with Crippen molar-refractivity contribution in [1.29, 1.82) is 0 Å². The highest BCUT2D eigenvalue weighted by Gasteiger charge is 2.37. The minimum atomic E-state index is -1.08. The van der Waals surface area contributed by atoms with E-state index in [2.05, 4.69) is 0 Å². The van der Waals surface area contributed by atoms with E-state index in [4.69, 9.17) is 0 Å². The Bertz CT molecular complexity index is 371. The van der Waals surface area contributed by atoms with Crippen molar-refractivity contribution in [2.75, 3.05) is 0 Å². The summed E-state index contributed by atoms with van der Waals surface area (Å²) in [4.78, 5) is 48.0. The smallest absolute Gasteiger partial charge is 0.209 e. The van der Waals surface area contributed by atoms with Gasteiger partial charge in [0.05, 0.1) is 5.92 Å². The molecule has 0 aromatic heterocycles. The zero-order valence-electron chi connectivity index (χ0n) is 13.0. The number of Topliss-reactive ketones (excluding diaryl/α,β-unsaturated/α-hetero) is 4. The molecule has 0 N–H and O–H groups in total. The molecule has 4 nitrogen and oxygen atoms in total. The van der Waals surface area contributed by atoms with Crippen LogP contribution in [0.1, 0.15) is 66.2 Å². The zero-order valence-corrected chi connectivity index (χ0v) is 13.0. The van der Waals surface area contributed by atoms with Crippen LogP contribution in [0, 0.1) is 11.8 Å². The number of rotatable bonds is 11. The Morgan fingerprint density at radius 1 is 0.750 bits per heavy atom. The molecule has 0 aromatic carbocycles. The third kappa shape index (κ3) is 5.35. The average molecular weight is 282 g/mol. The number of ketones is 4. The maximum absolute atomic E-state index is 12.2. The first-order valence-corrected chi connectivity index (χ1v) is 7.53. The standard InChI is InChI=1S/C16H26O4/c1-5-8-12(17)11(4)15(13(18)9-6-2)16(20)14(19)10-7-3/h11,15H,5-10H2,1-4H3. The van der Waals surface area contributed by atoms with Crippen LogP contribution in [0.2, 0.25) is 0 Å². The lowest BCUT2D eigenvalue weighted by Gasteiger charge is -2.20. The van der Waals surface area contributed by atoms with Gasteiger partial charge in [-0.3, -0.25) is 19.2 Å². The van der Waals surface area contributed by atoms with Gasteiger partial charge in [-0.05, 0) is 19.3 Å². The topological polar surface area (TPSA) is 68.3 Å². The minimum absolute atomic E-state index is 0.111. The van der Waals surface area contributed by atoms with E-state index < -0.39 is 23.4 Å². The predicted octanol–water partition coefficient (Wildman–Crippen LogP) is 2.92. The molecule has 2 unspecified atom stereocenters. The lowest BCUT2D eigenvalue weighted by atomic mass is 9.79. The maximum atomic E-state index is 12.2. The van der Waals surface area contributed by atoms with Crippen LogP contribution < -0.4 is 0 Å². The predicted molar refractivity (Wildman–Crippen MR) is 77.4 cm³/mol. The molecule has 0 heterocycles. The molecule has 0 aliphatic carbocycles. The molecule has 0 spiro atoms. The molecule has 0 aromatic rings. The monoisotopic (exact) mass is 282 g/mol. The Balaban J connectivity index is 5.17. The van der Waals surface area contributed by atoms with Gasteiger partial charge < -0.3 is 0 Å². The molecule has 114 valence electrons. The highest BCUT2D eigenvalue weighted by molar-refractivity contribution is 6.41. The van der Waals surface area contributed by atoms with Crippen molar-refractivity contribution in [2.24, 2.45) is 11.8 Å². The van der Waals surface area contributed by atoms with Crippen molar-refractivity contribution in [1.82, 2.24) is 0 Å². The fourth-order valence-electron chi connectivity index (χ4n) is 2.24. The van der Waals surface area contributed by atoms with Gasteiger partial charge in [0, 0.05) is 25.2 Å². The summed E-state index contributed by atoms with van der Waals surface area (Å²) in [5.74, 6) is -3.37. The fraction of sp³-hybridized carbons (Fsp3) is 0.750. The molecule has 2 atom stereocenters. The molecule has 0 aliphatic rings. The Morgan fingerprint density at radius 3 is 1.65 bits per heavy atom. The van der Waals surface area contributed by atoms with E-state index in [1.54, 1.807) is 13.8 Å². The molecular formula is C16H26O4. The summed E-state index contributed by atoms with van der Waals surface area (Å²) >= 11 is 0. The van der Waals surface area contributed by atoms with Crippen LogP contribution in [-0.2, 0) is 19.2 Å². The van der Waals surface area contributed by atoms with Crippen molar-refractivity contribution in [3.63, 3.8) is 0 Å². The van der Waals surface area contributed by atoms with Gasteiger partial charge in [-0.15, -0.1) is 0 Å². The number of hydrogen-bond donors (Lipinski definition) is 0. The van der Waals surface area contributed by atoms with E-state index in [0.717, 1.165) is 0 Å². The molecule has 0 amide bonds. The normalized spacial score (nSPS) is 13.6. The highest BCUT2D eigenvalue weighted by atomic mass is 16.2. The van der Waals surface area contributed by atoms with Crippen LogP contribution in [0.5, 0.6) is 0 Å². The second-order valence-electron chi connectivity index (χ2n) is 5.24. The van der Waals surface area contributed by atoms with Crippen molar-refractivity contribution in [3.8, 4) is 0 Å². The minimum Gasteiger partial charge on any atom is -0.299 e. The quantitative estimate of drug-likeness (QED) is 0.431. The Labute approximate surface area is 121 Å². The van der Waals surface area contributed by atoms with Crippen molar-refractivity contribution in [2.45, 2.75) is 66.2 Å². The average Bonchev–Trinajstić information content (AvgIpc) is 2.39. The summed E-state index contributed by atoms with van der Waals surface area (Å²) in [6.07, 6.45) is 2.57. The zero-order chi connectivity index (χ0) is 15.7. The molecule has 20 heavy (non-hydrogen) atoms. The summed E-state index contributed by atoms with van der Waals surface area (Å²) in [7, 11) is 0. The van der Waals surface area contributed by atoms with Crippen LogP contribution in [-0.4, -0.2) is 23.1 Å². The summed E-state index contributed by atoms with van der Waals surface area (Å²) in [6, 6.07) is 0. The molecule has 0 aliphatic heterocycles. The maximum Gasteiger partial charge on any atom is 0.209 e. The Morgan fingerprint density at radius 2 is 1.20 bits per heavy atom. The van der Waals surface area contributed by atoms with E-state index in [0.29, 0.717) is 25.7 Å². The van der Waals surface area contributed by atoms with E-state index in [1.807, 2.05) is 13.8 Å². The first-order chi connectivity index (χ1) is 9.40. The molecule has 4 heteroatoms. The van der Waals surface area contributed by atoms with Gasteiger partial charge in [0.2, 0.25) is 5.78 Å². The summed E-state index contributed by atoms with van der Waals surface area (Å²) in [5, 5.41) is 0. The van der Waals surface area contributed by atoms with Crippen LogP contribution in [0.15, 0.2) is 0 Å². The van der Waals surface area contributed by atoms with Crippen molar-refractivity contribution < 1.29 is 19.2 Å². The molecule has 0 fully saturated rings. The van der Waals surface area contributed by atoms with E-state index in [9.17, 15) is 19.2 Å². The van der Waals surface area contributed by atoms with Crippen molar-refractivity contribution >= 4 is 23.1 Å². The second-order valence-corrected chi connectivity index (χ2v) is 5.24. The number of carbonyl (C=O) groups excluding carboxylic acids is 4. The third-order valence-electron chi connectivity index (χ3n) is 3.38. The van der Waals surface area contributed by atoms with E-state index in [-0.39, 0.29) is 24.4 Å². The van der Waals surface area contributed by atoms with Gasteiger partial charge >= 0.3 is 0 Å². The second kappa shape index (κ2) is 9.56.